The van der Waals surface area contributed by atoms with Gasteiger partial charge >= 0.3 is 5.97 Å². The van der Waals surface area contributed by atoms with Crippen LogP contribution >= 0.6 is 0 Å². The molecule has 32 heavy (non-hydrogen) atoms. The highest BCUT2D eigenvalue weighted by Crippen LogP contribution is 2.36. The number of rotatable bonds is 8. The molecule has 166 valence electrons. The van der Waals surface area contributed by atoms with Gasteiger partial charge in [0.15, 0.2) is 0 Å². The quantitative estimate of drug-likeness (QED) is 0.542. The Morgan fingerprint density at radius 3 is 2.41 bits per heavy atom. The Bertz CT molecular complexity index is 1100. The SMILES string of the molecule is COc1ccc(NC2(C(=O)O)Cc3ccccc3C2)cc1N(C)CCc1cccc(C)c1. The molecule has 3 aromatic rings. The lowest BCUT2D eigenvalue weighted by Gasteiger charge is -2.28. The van der Waals surface area contributed by atoms with Gasteiger partial charge in [0.05, 0.1) is 12.8 Å². The van der Waals surface area contributed by atoms with Gasteiger partial charge in [-0.25, -0.2) is 4.79 Å². The van der Waals surface area contributed by atoms with Crippen molar-refractivity contribution in [3.05, 3.63) is 89.0 Å². The first kappa shape index (κ1) is 21.8. The van der Waals surface area contributed by atoms with Gasteiger partial charge in [0.1, 0.15) is 11.3 Å². The molecule has 0 amide bonds. The molecule has 0 bridgehead atoms. The monoisotopic (exact) mass is 430 g/mol. The molecule has 0 heterocycles. The molecule has 0 fully saturated rings. The second kappa shape index (κ2) is 8.95. The first-order chi connectivity index (χ1) is 15.4. The summed E-state index contributed by atoms with van der Waals surface area (Å²) >= 11 is 0. The van der Waals surface area contributed by atoms with Crippen molar-refractivity contribution in [1.82, 2.24) is 0 Å². The molecule has 2 N–H and O–H groups in total. The number of aliphatic carboxylic acids is 1. The largest absolute Gasteiger partial charge is 0.495 e. The van der Waals surface area contributed by atoms with Crippen LogP contribution in [0.15, 0.2) is 66.7 Å². The van der Waals surface area contributed by atoms with E-state index in [-0.39, 0.29) is 0 Å². The molecular weight excluding hydrogens is 400 g/mol. The fraction of sp³-hybridized carbons (Fsp3) is 0.296. The minimum atomic E-state index is -1.05. The number of fused-ring (bicyclic) bond motifs is 1. The number of anilines is 2. The summed E-state index contributed by atoms with van der Waals surface area (Å²) in [6.45, 7) is 2.92. The Kier molecular flexibility index (Phi) is 6.08. The molecular formula is C27H30N2O3. The summed E-state index contributed by atoms with van der Waals surface area (Å²) in [6.07, 6.45) is 1.83. The minimum Gasteiger partial charge on any atom is -0.495 e. The number of nitrogens with one attached hydrogen (secondary N) is 1. The molecule has 0 aromatic heterocycles. The lowest BCUT2D eigenvalue weighted by Crippen LogP contribution is -2.47. The molecule has 0 saturated heterocycles. The van der Waals surface area contributed by atoms with E-state index >= 15 is 0 Å². The average Bonchev–Trinajstić information content (AvgIpc) is 3.17. The van der Waals surface area contributed by atoms with E-state index in [0.29, 0.717) is 12.8 Å². The van der Waals surface area contributed by atoms with Crippen molar-refractivity contribution in [2.45, 2.75) is 31.7 Å². The zero-order valence-corrected chi connectivity index (χ0v) is 18.9. The fourth-order valence-electron chi connectivity index (χ4n) is 4.54. The van der Waals surface area contributed by atoms with Crippen molar-refractivity contribution >= 4 is 17.3 Å². The average molecular weight is 431 g/mol. The van der Waals surface area contributed by atoms with E-state index in [1.54, 1.807) is 7.11 Å². The molecule has 5 nitrogen and oxygen atoms in total. The number of methoxy groups -OCH3 is 1. The van der Waals surface area contributed by atoms with Gasteiger partial charge in [0, 0.05) is 32.1 Å². The third-order valence-corrected chi connectivity index (χ3v) is 6.30. The van der Waals surface area contributed by atoms with Crippen LogP contribution in [-0.4, -0.2) is 37.3 Å². The number of hydrogen-bond donors (Lipinski definition) is 2. The minimum absolute atomic E-state index is 0.461. The molecule has 0 spiro atoms. The Labute approximate surface area is 189 Å². The number of hydrogen-bond acceptors (Lipinski definition) is 4. The number of carbonyl (C=O) groups is 1. The van der Waals surface area contributed by atoms with Crippen molar-refractivity contribution in [1.29, 1.82) is 0 Å². The molecule has 1 aliphatic carbocycles. The highest BCUT2D eigenvalue weighted by atomic mass is 16.5. The van der Waals surface area contributed by atoms with Crippen molar-refractivity contribution in [3.63, 3.8) is 0 Å². The van der Waals surface area contributed by atoms with Crippen LogP contribution in [0.25, 0.3) is 0 Å². The molecule has 1 aliphatic rings. The first-order valence-electron chi connectivity index (χ1n) is 10.9. The van der Waals surface area contributed by atoms with Gasteiger partial charge in [-0.3, -0.25) is 0 Å². The summed E-state index contributed by atoms with van der Waals surface area (Å²) in [6, 6.07) is 22.3. The summed E-state index contributed by atoms with van der Waals surface area (Å²) in [5.74, 6) is -0.0692. The topological polar surface area (TPSA) is 61.8 Å². The van der Waals surface area contributed by atoms with Gasteiger partial charge in [-0.1, -0.05) is 54.1 Å². The van der Waals surface area contributed by atoms with Gasteiger partial charge in [0.2, 0.25) is 0 Å². The number of ether oxygens (including phenoxy) is 1. The number of carboxylic acid groups (broad SMARTS) is 1. The van der Waals surface area contributed by atoms with Gasteiger partial charge in [-0.05, 0) is 48.2 Å². The van der Waals surface area contributed by atoms with Crippen molar-refractivity contribution in [2.24, 2.45) is 0 Å². The first-order valence-corrected chi connectivity index (χ1v) is 10.9. The number of carboxylic acids is 1. The summed E-state index contributed by atoms with van der Waals surface area (Å²) in [5, 5.41) is 13.5. The van der Waals surface area contributed by atoms with E-state index in [9.17, 15) is 9.90 Å². The van der Waals surface area contributed by atoms with Gasteiger partial charge in [-0.15, -0.1) is 0 Å². The predicted octanol–water partition coefficient (Wildman–Crippen LogP) is 4.72. The Balaban J connectivity index is 1.55. The maximum absolute atomic E-state index is 12.3. The second-order valence-electron chi connectivity index (χ2n) is 8.68. The van der Waals surface area contributed by atoms with Gasteiger partial charge in [0.25, 0.3) is 0 Å². The van der Waals surface area contributed by atoms with Crippen LogP contribution in [0, 0.1) is 6.92 Å². The van der Waals surface area contributed by atoms with Crippen molar-refractivity contribution in [3.8, 4) is 5.75 Å². The van der Waals surface area contributed by atoms with Crippen LogP contribution in [0.1, 0.15) is 22.3 Å². The van der Waals surface area contributed by atoms with E-state index in [2.05, 4.69) is 41.4 Å². The maximum atomic E-state index is 12.3. The molecule has 0 saturated carbocycles. The van der Waals surface area contributed by atoms with Crippen LogP contribution < -0.4 is 15.0 Å². The van der Waals surface area contributed by atoms with Crippen molar-refractivity contribution in [2.75, 3.05) is 30.9 Å². The second-order valence-corrected chi connectivity index (χ2v) is 8.68. The molecule has 0 radical (unpaired) electrons. The molecule has 5 heteroatoms. The third kappa shape index (κ3) is 4.42. The van der Waals surface area contributed by atoms with Crippen LogP contribution in [0.2, 0.25) is 0 Å². The maximum Gasteiger partial charge on any atom is 0.330 e. The van der Waals surface area contributed by atoms with Crippen molar-refractivity contribution < 1.29 is 14.6 Å². The molecule has 4 rings (SSSR count). The predicted molar refractivity (Wildman–Crippen MR) is 129 cm³/mol. The third-order valence-electron chi connectivity index (χ3n) is 6.30. The zero-order chi connectivity index (χ0) is 22.7. The number of nitrogens with zero attached hydrogens (tertiary/aromatic N) is 1. The summed E-state index contributed by atoms with van der Waals surface area (Å²) in [4.78, 5) is 14.5. The number of aryl methyl sites for hydroxylation is 1. The Morgan fingerprint density at radius 1 is 1.06 bits per heavy atom. The molecule has 0 unspecified atom stereocenters. The van der Waals surface area contributed by atoms with Crippen LogP contribution in [0.4, 0.5) is 11.4 Å². The van der Waals surface area contributed by atoms with Crippen LogP contribution in [0.3, 0.4) is 0 Å². The molecule has 0 aliphatic heterocycles. The standard InChI is InChI=1S/C27H30N2O3/c1-19-7-6-8-20(15-19)13-14-29(2)24-16-23(11-12-25(24)32-3)28-27(26(30)31)17-21-9-4-5-10-22(21)18-27/h4-12,15-16,28H,13-14,17-18H2,1-3H3,(H,30,31). The summed E-state index contributed by atoms with van der Waals surface area (Å²) in [7, 11) is 3.70. The van der Waals surface area contributed by atoms with Gasteiger partial charge < -0.3 is 20.1 Å². The number of benzene rings is 3. The molecule has 3 aromatic carbocycles. The lowest BCUT2D eigenvalue weighted by molar-refractivity contribution is -0.142. The summed E-state index contributed by atoms with van der Waals surface area (Å²) in [5.41, 5.74) is 5.39. The van der Waals surface area contributed by atoms with Crippen LogP contribution in [-0.2, 0) is 24.1 Å². The smallest absolute Gasteiger partial charge is 0.330 e. The summed E-state index contributed by atoms with van der Waals surface area (Å²) < 4.78 is 5.60. The highest BCUT2D eigenvalue weighted by Gasteiger charge is 2.44. The van der Waals surface area contributed by atoms with E-state index in [0.717, 1.165) is 41.2 Å². The van der Waals surface area contributed by atoms with E-state index in [1.807, 2.05) is 49.5 Å². The Hall–Kier alpha value is -3.47. The van der Waals surface area contributed by atoms with E-state index in [1.165, 1.54) is 11.1 Å². The zero-order valence-electron chi connectivity index (χ0n) is 18.9. The normalized spacial score (nSPS) is 14.0. The van der Waals surface area contributed by atoms with E-state index in [4.69, 9.17) is 4.74 Å². The highest BCUT2D eigenvalue weighted by molar-refractivity contribution is 5.86. The van der Waals surface area contributed by atoms with Gasteiger partial charge in [-0.2, -0.15) is 0 Å². The molecule has 0 atom stereocenters. The van der Waals surface area contributed by atoms with E-state index < -0.39 is 11.5 Å². The van der Waals surface area contributed by atoms with Crippen LogP contribution in [0.5, 0.6) is 5.75 Å². The Morgan fingerprint density at radius 2 is 1.78 bits per heavy atom. The number of likely N-dealkylation sites (N-methyl/N-ethyl adjacent to an activating group) is 1. The fourth-order valence-corrected chi connectivity index (χ4v) is 4.54. The lowest BCUT2D eigenvalue weighted by atomic mass is 9.95.